The number of esters is 1. The van der Waals surface area contributed by atoms with Crippen LogP contribution in [0.5, 0.6) is 0 Å². The van der Waals surface area contributed by atoms with Gasteiger partial charge in [0.1, 0.15) is 0 Å². The summed E-state index contributed by atoms with van der Waals surface area (Å²) in [5.74, 6) is 0.730. The van der Waals surface area contributed by atoms with Crippen LogP contribution in [0.1, 0.15) is 59.8 Å². The molecule has 106 valence electrons. The molecule has 0 aromatic rings. The van der Waals surface area contributed by atoms with E-state index in [2.05, 4.69) is 26.1 Å². The molecule has 0 bridgehead atoms. The third-order valence-electron chi connectivity index (χ3n) is 3.68. The van der Waals surface area contributed by atoms with Crippen molar-refractivity contribution in [3.8, 4) is 0 Å². The molecule has 1 aliphatic carbocycles. The lowest BCUT2D eigenvalue weighted by molar-refractivity contribution is -0.143. The molecule has 2 unspecified atom stereocenters. The molecular formula is C15H29NO2. The molecule has 1 rings (SSSR count). The van der Waals surface area contributed by atoms with Gasteiger partial charge in [0.2, 0.25) is 0 Å². The lowest BCUT2D eigenvalue weighted by Gasteiger charge is -2.39. The minimum atomic E-state index is -0.0726. The number of hydrogen-bond donors (Lipinski definition) is 1. The fourth-order valence-electron chi connectivity index (χ4n) is 3.27. The summed E-state index contributed by atoms with van der Waals surface area (Å²) in [5, 5.41) is 3.60. The molecule has 0 aromatic carbocycles. The van der Waals surface area contributed by atoms with Gasteiger partial charge in [0.05, 0.1) is 6.61 Å². The van der Waals surface area contributed by atoms with Crippen molar-refractivity contribution >= 4 is 5.97 Å². The lowest BCUT2D eigenvalue weighted by atomic mass is 9.70. The van der Waals surface area contributed by atoms with Crippen LogP contribution in [0.15, 0.2) is 0 Å². The first-order valence-electron chi connectivity index (χ1n) is 7.32. The van der Waals surface area contributed by atoms with Gasteiger partial charge >= 0.3 is 5.97 Å². The van der Waals surface area contributed by atoms with Gasteiger partial charge in [-0.2, -0.15) is 0 Å². The minimum absolute atomic E-state index is 0.0726. The van der Waals surface area contributed by atoms with E-state index in [-0.39, 0.29) is 5.97 Å². The molecule has 0 amide bonds. The second-order valence-electron chi connectivity index (χ2n) is 6.47. The zero-order valence-electron chi connectivity index (χ0n) is 12.4. The number of rotatable bonds is 6. The first-order valence-corrected chi connectivity index (χ1v) is 7.32. The summed E-state index contributed by atoms with van der Waals surface area (Å²) in [6.07, 6.45) is 5.25. The largest absolute Gasteiger partial charge is 0.466 e. The van der Waals surface area contributed by atoms with E-state index in [9.17, 15) is 4.79 Å². The molecule has 2 atom stereocenters. The van der Waals surface area contributed by atoms with Gasteiger partial charge < -0.3 is 10.1 Å². The predicted molar refractivity (Wildman–Crippen MR) is 74.5 cm³/mol. The van der Waals surface area contributed by atoms with E-state index in [0.29, 0.717) is 24.5 Å². The highest BCUT2D eigenvalue weighted by Crippen LogP contribution is 2.38. The van der Waals surface area contributed by atoms with Crippen molar-refractivity contribution in [2.75, 3.05) is 13.2 Å². The Morgan fingerprint density at radius 3 is 2.72 bits per heavy atom. The molecule has 1 saturated carbocycles. The maximum Gasteiger partial charge on any atom is 0.305 e. The predicted octanol–water partition coefficient (Wildman–Crippen LogP) is 3.13. The first kappa shape index (κ1) is 15.5. The van der Waals surface area contributed by atoms with Crippen LogP contribution in [0.4, 0.5) is 0 Å². The van der Waals surface area contributed by atoms with E-state index in [4.69, 9.17) is 4.74 Å². The number of nitrogens with one attached hydrogen (secondary N) is 1. The summed E-state index contributed by atoms with van der Waals surface area (Å²) < 4.78 is 4.92. The average Bonchev–Trinajstić information content (AvgIpc) is 2.22. The van der Waals surface area contributed by atoms with Gasteiger partial charge in [-0.3, -0.25) is 4.79 Å². The monoisotopic (exact) mass is 255 g/mol. The normalized spacial score (nSPS) is 26.9. The van der Waals surface area contributed by atoms with E-state index in [0.717, 1.165) is 18.9 Å². The van der Waals surface area contributed by atoms with Crippen LogP contribution < -0.4 is 5.32 Å². The molecule has 18 heavy (non-hydrogen) atoms. The Morgan fingerprint density at radius 2 is 2.11 bits per heavy atom. The molecule has 0 saturated heterocycles. The maximum absolute atomic E-state index is 11.2. The number of carbonyl (C=O) groups is 1. The van der Waals surface area contributed by atoms with Crippen molar-refractivity contribution in [3.63, 3.8) is 0 Å². The van der Waals surface area contributed by atoms with Crippen LogP contribution >= 0.6 is 0 Å². The zero-order valence-corrected chi connectivity index (χ0v) is 12.4. The third-order valence-corrected chi connectivity index (χ3v) is 3.68. The first-order chi connectivity index (χ1) is 8.43. The highest BCUT2D eigenvalue weighted by molar-refractivity contribution is 5.69. The van der Waals surface area contributed by atoms with Gasteiger partial charge in [-0.1, -0.05) is 20.8 Å². The topological polar surface area (TPSA) is 38.3 Å². The van der Waals surface area contributed by atoms with Gasteiger partial charge in [-0.05, 0) is 50.5 Å². The fourth-order valence-corrected chi connectivity index (χ4v) is 3.27. The van der Waals surface area contributed by atoms with Crippen LogP contribution in [-0.2, 0) is 9.53 Å². The Hall–Kier alpha value is -0.570. The average molecular weight is 255 g/mol. The Balaban J connectivity index is 2.17. The molecule has 0 radical (unpaired) electrons. The molecule has 0 aliphatic heterocycles. The van der Waals surface area contributed by atoms with Crippen molar-refractivity contribution in [1.29, 1.82) is 0 Å². The summed E-state index contributed by atoms with van der Waals surface area (Å²) >= 11 is 0. The Morgan fingerprint density at radius 1 is 1.39 bits per heavy atom. The second kappa shape index (κ2) is 7.13. The second-order valence-corrected chi connectivity index (χ2v) is 6.47. The quantitative estimate of drug-likeness (QED) is 0.585. The molecule has 3 heteroatoms. The molecule has 0 heterocycles. The van der Waals surface area contributed by atoms with Crippen molar-refractivity contribution in [2.45, 2.75) is 65.8 Å². The van der Waals surface area contributed by atoms with Crippen LogP contribution in [0.2, 0.25) is 0 Å². The van der Waals surface area contributed by atoms with Crippen molar-refractivity contribution < 1.29 is 9.53 Å². The fraction of sp³-hybridized carbons (Fsp3) is 0.933. The van der Waals surface area contributed by atoms with E-state index in [1.54, 1.807) is 0 Å². The van der Waals surface area contributed by atoms with Crippen molar-refractivity contribution in [1.82, 2.24) is 5.32 Å². The number of carbonyl (C=O) groups excluding carboxylic acids is 1. The van der Waals surface area contributed by atoms with Gasteiger partial charge in [0.15, 0.2) is 0 Å². The van der Waals surface area contributed by atoms with Crippen LogP contribution in [-0.4, -0.2) is 25.2 Å². The van der Waals surface area contributed by atoms with E-state index in [1.165, 1.54) is 19.3 Å². The summed E-state index contributed by atoms with van der Waals surface area (Å²) in [6, 6.07) is 0.617. The zero-order chi connectivity index (χ0) is 13.6. The summed E-state index contributed by atoms with van der Waals surface area (Å²) in [4.78, 5) is 11.2. The third kappa shape index (κ3) is 5.85. The van der Waals surface area contributed by atoms with Gasteiger partial charge in [-0.15, -0.1) is 0 Å². The minimum Gasteiger partial charge on any atom is -0.466 e. The molecule has 1 fully saturated rings. The summed E-state index contributed by atoms with van der Waals surface area (Å²) in [5.41, 5.74) is 0.455. The Kier molecular flexibility index (Phi) is 6.13. The lowest BCUT2D eigenvalue weighted by Crippen LogP contribution is -2.40. The van der Waals surface area contributed by atoms with Crippen molar-refractivity contribution in [2.24, 2.45) is 11.3 Å². The summed E-state index contributed by atoms with van der Waals surface area (Å²) in [6.45, 7) is 10.3. The smallest absolute Gasteiger partial charge is 0.305 e. The highest BCUT2D eigenvalue weighted by Gasteiger charge is 2.31. The molecule has 1 N–H and O–H groups in total. The molecule has 1 aliphatic rings. The molecule has 0 spiro atoms. The van der Waals surface area contributed by atoms with Crippen molar-refractivity contribution in [3.05, 3.63) is 0 Å². The van der Waals surface area contributed by atoms with E-state index < -0.39 is 0 Å². The SMILES string of the molecule is CCOC(=O)CCCNC1CC(C)CC(C)(C)C1. The van der Waals surface area contributed by atoms with E-state index >= 15 is 0 Å². The Bertz CT molecular complexity index is 263. The van der Waals surface area contributed by atoms with Gasteiger partial charge in [0.25, 0.3) is 0 Å². The van der Waals surface area contributed by atoms with E-state index in [1.807, 2.05) is 6.92 Å². The standard InChI is InChI=1S/C15H29NO2/c1-5-18-14(17)7-6-8-16-13-9-12(2)10-15(3,4)11-13/h12-13,16H,5-11H2,1-4H3. The van der Waals surface area contributed by atoms with Gasteiger partial charge in [-0.25, -0.2) is 0 Å². The van der Waals surface area contributed by atoms with Gasteiger partial charge in [0, 0.05) is 12.5 Å². The molecule has 3 nitrogen and oxygen atoms in total. The molecule has 0 aromatic heterocycles. The molecular weight excluding hydrogens is 226 g/mol. The maximum atomic E-state index is 11.2. The van der Waals surface area contributed by atoms with Crippen LogP contribution in [0.25, 0.3) is 0 Å². The van der Waals surface area contributed by atoms with Crippen LogP contribution in [0.3, 0.4) is 0 Å². The number of hydrogen-bond acceptors (Lipinski definition) is 3. The van der Waals surface area contributed by atoms with Crippen LogP contribution in [0, 0.1) is 11.3 Å². The Labute approximate surface area is 112 Å². The highest BCUT2D eigenvalue weighted by atomic mass is 16.5. The number of ether oxygens (including phenoxy) is 1. The summed E-state index contributed by atoms with van der Waals surface area (Å²) in [7, 11) is 0.